The summed E-state index contributed by atoms with van der Waals surface area (Å²) in [6.45, 7) is 2.16. The van der Waals surface area contributed by atoms with Crippen LogP contribution in [0.4, 0.5) is 0 Å². The van der Waals surface area contributed by atoms with Gasteiger partial charge in [0.2, 0.25) is 5.78 Å². The predicted octanol–water partition coefficient (Wildman–Crippen LogP) is 4.89. The summed E-state index contributed by atoms with van der Waals surface area (Å²) in [4.78, 5) is 12.6. The third-order valence-corrected chi connectivity index (χ3v) is 3.78. The summed E-state index contributed by atoms with van der Waals surface area (Å²) in [7, 11) is 0. The number of benzene rings is 2. The number of nitrogens with zero attached hydrogens (tertiary/aromatic N) is 1. The van der Waals surface area contributed by atoms with Gasteiger partial charge in [0.1, 0.15) is 11.6 Å². The predicted molar refractivity (Wildman–Crippen MR) is 93.7 cm³/mol. The zero-order valence-corrected chi connectivity index (χ0v) is 14.2. The van der Waals surface area contributed by atoms with Gasteiger partial charge < -0.3 is 9.84 Å². The number of carbonyl (C=O) groups is 1. The smallest absolute Gasteiger partial charge is 0.206 e. The molecule has 2 aromatic rings. The van der Waals surface area contributed by atoms with Gasteiger partial charge in [0.05, 0.1) is 22.2 Å². The first-order valence-electron chi connectivity index (χ1n) is 7.04. The Bertz CT molecular complexity index is 834. The van der Waals surface area contributed by atoms with Crippen molar-refractivity contribution in [3.8, 4) is 17.6 Å². The molecule has 0 radical (unpaired) electrons. The molecular formula is C18H13Cl2NO3. The zero-order chi connectivity index (χ0) is 17.7. The number of aromatic hydroxyl groups is 1. The van der Waals surface area contributed by atoms with Crippen LogP contribution in [0.3, 0.4) is 0 Å². The van der Waals surface area contributed by atoms with E-state index in [0.29, 0.717) is 12.2 Å². The Kier molecular flexibility index (Phi) is 5.86. The monoisotopic (exact) mass is 361 g/mol. The highest BCUT2D eigenvalue weighted by molar-refractivity contribution is 6.41. The van der Waals surface area contributed by atoms with Crippen molar-refractivity contribution in [2.45, 2.75) is 6.92 Å². The first-order chi connectivity index (χ1) is 11.5. The fourth-order valence-corrected chi connectivity index (χ4v) is 2.63. The second-order valence-electron chi connectivity index (χ2n) is 4.76. The Morgan fingerprint density at radius 2 is 1.96 bits per heavy atom. The third kappa shape index (κ3) is 3.88. The Labute approximate surface area is 149 Å². The van der Waals surface area contributed by atoms with E-state index in [4.69, 9.17) is 27.9 Å². The molecule has 0 heterocycles. The van der Waals surface area contributed by atoms with Gasteiger partial charge in [-0.1, -0.05) is 35.3 Å². The molecule has 0 bridgehead atoms. The fourth-order valence-electron chi connectivity index (χ4n) is 2.06. The van der Waals surface area contributed by atoms with Crippen molar-refractivity contribution in [3.63, 3.8) is 0 Å². The van der Waals surface area contributed by atoms with Crippen LogP contribution in [0.1, 0.15) is 22.8 Å². The number of phenolic OH excluding ortho intramolecular Hbond substituents is 1. The summed E-state index contributed by atoms with van der Waals surface area (Å²) in [5.74, 6) is -0.320. The van der Waals surface area contributed by atoms with Gasteiger partial charge in [-0.05, 0) is 42.8 Å². The van der Waals surface area contributed by atoms with Crippen LogP contribution in [0, 0.1) is 11.3 Å². The molecule has 0 aliphatic rings. The van der Waals surface area contributed by atoms with E-state index in [1.807, 2.05) is 6.07 Å². The molecule has 4 nitrogen and oxygen atoms in total. The summed E-state index contributed by atoms with van der Waals surface area (Å²) in [5.41, 5.74) is 0.486. The maximum absolute atomic E-state index is 12.6. The van der Waals surface area contributed by atoms with E-state index in [0.717, 1.165) is 0 Å². The molecule has 0 spiro atoms. The van der Waals surface area contributed by atoms with Gasteiger partial charge in [0.25, 0.3) is 0 Å². The Balaban J connectivity index is 2.45. The van der Waals surface area contributed by atoms with Crippen LogP contribution in [0.5, 0.6) is 11.5 Å². The van der Waals surface area contributed by atoms with Crippen LogP contribution in [0.15, 0.2) is 42.0 Å². The number of halogens is 2. The molecule has 122 valence electrons. The molecule has 0 aliphatic heterocycles. The summed E-state index contributed by atoms with van der Waals surface area (Å²) in [6.07, 6.45) is 1.39. The largest absolute Gasteiger partial charge is 0.504 e. The van der Waals surface area contributed by atoms with E-state index in [1.165, 1.54) is 30.3 Å². The fraction of sp³-hybridized carbons (Fsp3) is 0.111. The van der Waals surface area contributed by atoms with E-state index in [1.54, 1.807) is 19.1 Å². The average molecular weight is 362 g/mol. The van der Waals surface area contributed by atoms with Crippen LogP contribution in [0.2, 0.25) is 10.0 Å². The van der Waals surface area contributed by atoms with E-state index in [-0.39, 0.29) is 32.7 Å². The first kappa shape index (κ1) is 17.9. The Morgan fingerprint density at radius 3 is 2.54 bits per heavy atom. The standard InChI is InChI=1S/C18H13Cl2NO3/c1-2-24-16-9-11(6-7-15(16)22)8-12(10-21)18(23)17-13(19)4-3-5-14(17)20/h3-9,22H,2H2,1H3/b12-8+. The number of rotatable bonds is 5. The number of phenols is 1. The Hall–Kier alpha value is -2.48. The van der Waals surface area contributed by atoms with E-state index in [9.17, 15) is 15.2 Å². The summed E-state index contributed by atoms with van der Waals surface area (Å²) in [6, 6.07) is 11.1. The normalized spacial score (nSPS) is 11.0. The molecule has 0 fully saturated rings. The maximum Gasteiger partial charge on any atom is 0.206 e. The molecule has 0 atom stereocenters. The number of nitriles is 1. The Morgan fingerprint density at radius 1 is 1.29 bits per heavy atom. The van der Waals surface area contributed by atoms with Crippen molar-refractivity contribution in [2.24, 2.45) is 0 Å². The highest BCUT2D eigenvalue weighted by atomic mass is 35.5. The van der Waals surface area contributed by atoms with Crippen LogP contribution < -0.4 is 4.74 Å². The summed E-state index contributed by atoms with van der Waals surface area (Å²) < 4.78 is 5.29. The van der Waals surface area contributed by atoms with Crippen molar-refractivity contribution in [1.29, 1.82) is 5.26 Å². The molecule has 1 N–H and O–H groups in total. The number of allylic oxidation sites excluding steroid dienone is 1. The number of Topliss-reactive ketones (excluding diaryl/α,β-unsaturated/α-hetero) is 1. The molecule has 24 heavy (non-hydrogen) atoms. The lowest BCUT2D eigenvalue weighted by Gasteiger charge is -2.07. The van der Waals surface area contributed by atoms with Crippen LogP contribution in [0.25, 0.3) is 6.08 Å². The topological polar surface area (TPSA) is 70.3 Å². The molecule has 0 saturated heterocycles. The van der Waals surface area contributed by atoms with Crippen LogP contribution >= 0.6 is 23.2 Å². The van der Waals surface area contributed by atoms with E-state index >= 15 is 0 Å². The molecule has 2 rings (SSSR count). The quantitative estimate of drug-likeness (QED) is 0.467. The molecule has 6 heteroatoms. The molecule has 0 saturated carbocycles. The van der Waals surface area contributed by atoms with Crippen molar-refractivity contribution in [2.75, 3.05) is 6.61 Å². The van der Waals surface area contributed by atoms with Gasteiger partial charge in [0.15, 0.2) is 11.5 Å². The molecule has 2 aromatic carbocycles. The number of carbonyl (C=O) groups excluding carboxylic acids is 1. The summed E-state index contributed by atoms with van der Waals surface area (Å²) in [5, 5.41) is 19.4. The number of ketones is 1. The van der Waals surface area contributed by atoms with Gasteiger partial charge in [-0.2, -0.15) is 5.26 Å². The summed E-state index contributed by atoms with van der Waals surface area (Å²) >= 11 is 12.0. The number of ether oxygens (including phenoxy) is 1. The molecule has 0 amide bonds. The second kappa shape index (κ2) is 7.87. The van der Waals surface area contributed by atoms with Crippen molar-refractivity contribution in [1.82, 2.24) is 0 Å². The first-order valence-corrected chi connectivity index (χ1v) is 7.79. The molecule has 0 aromatic heterocycles. The van der Waals surface area contributed by atoms with E-state index < -0.39 is 5.78 Å². The minimum Gasteiger partial charge on any atom is -0.504 e. The molecular weight excluding hydrogens is 349 g/mol. The van der Waals surface area contributed by atoms with Crippen LogP contribution in [-0.4, -0.2) is 17.5 Å². The van der Waals surface area contributed by atoms with Crippen molar-refractivity contribution < 1.29 is 14.6 Å². The van der Waals surface area contributed by atoms with Crippen molar-refractivity contribution >= 4 is 35.1 Å². The van der Waals surface area contributed by atoms with Gasteiger partial charge in [-0.3, -0.25) is 4.79 Å². The third-order valence-electron chi connectivity index (χ3n) is 3.15. The second-order valence-corrected chi connectivity index (χ2v) is 5.57. The average Bonchev–Trinajstić information content (AvgIpc) is 2.55. The minimum atomic E-state index is -0.570. The van der Waals surface area contributed by atoms with Gasteiger partial charge in [0, 0.05) is 0 Å². The highest BCUT2D eigenvalue weighted by Crippen LogP contribution is 2.30. The van der Waals surface area contributed by atoms with Crippen molar-refractivity contribution in [3.05, 3.63) is 63.1 Å². The zero-order valence-electron chi connectivity index (χ0n) is 12.7. The number of hydrogen-bond donors (Lipinski definition) is 1. The van der Waals surface area contributed by atoms with Gasteiger partial charge in [-0.15, -0.1) is 0 Å². The minimum absolute atomic E-state index is 0.0204. The molecule has 0 unspecified atom stereocenters. The van der Waals surface area contributed by atoms with E-state index in [2.05, 4.69) is 0 Å². The molecule has 0 aliphatic carbocycles. The SMILES string of the molecule is CCOc1cc(/C=C(\C#N)C(=O)c2c(Cl)cccc2Cl)ccc1O. The maximum atomic E-state index is 12.6. The van der Waals surface area contributed by atoms with Gasteiger partial charge >= 0.3 is 0 Å². The number of hydrogen-bond acceptors (Lipinski definition) is 4. The lowest BCUT2D eigenvalue weighted by atomic mass is 10.0. The lowest BCUT2D eigenvalue weighted by Crippen LogP contribution is -2.04. The van der Waals surface area contributed by atoms with Gasteiger partial charge in [-0.25, -0.2) is 0 Å². The van der Waals surface area contributed by atoms with Crippen LogP contribution in [-0.2, 0) is 0 Å². The highest BCUT2D eigenvalue weighted by Gasteiger charge is 2.19. The lowest BCUT2D eigenvalue weighted by molar-refractivity contribution is 0.104.